The minimum Gasteiger partial charge on any atom is -0.493 e. The van der Waals surface area contributed by atoms with Crippen LogP contribution < -0.4 is 10.1 Å². The number of nitrogens with zero attached hydrogens (tertiary/aromatic N) is 1. The number of hydrogen-bond donors (Lipinski definition) is 1. The Hall–Kier alpha value is -2.58. The Balaban J connectivity index is 2.18. The van der Waals surface area contributed by atoms with Crippen molar-refractivity contribution in [1.29, 1.82) is 5.26 Å². The van der Waals surface area contributed by atoms with Gasteiger partial charge in [0.2, 0.25) is 0 Å². The van der Waals surface area contributed by atoms with Crippen molar-refractivity contribution < 1.29 is 9.53 Å². The fourth-order valence-corrected chi connectivity index (χ4v) is 3.06. The highest BCUT2D eigenvalue weighted by Crippen LogP contribution is 2.26. The molecule has 2 rings (SSSR count). The molecule has 1 N–H and O–H groups in total. The maximum absolute atomic E-state index is 12.6. The Morgan fingerprint density at radius 1 is 1.21 bits per heavy atom. The topological polar surface area (TPSA) is 62.1 Å². The summed E-state index contributed by atoms with van der Waals surface area (Å²) in [7, 11) is 0. The highest BCUT2D eigenvalue weighted by atomic mass is 79.9. The summed E-state index contributed by atoms with van der Waals surface area (Å²) in [4.78, 5) is 12.6. The first-order chi connectivity index (χ1) is 13.5. The van der Waals surface area contributed by atoms with E-state index in [9.17, 15) is 10.1 Å². The fraction of sp³-hybridized carbons (Fsp3) is 0.304. The zero-order valence-electron chi connectivity index (χ0n) is 16.3. The SMILES string of the molecule is CCCCCCOc1ccc(Br)cc1/C=C(/C#N)C(=O)Nc1ccccc1C. The van der Waals surface area contributed by atoms with Crippen molar-refractivity contribution in [2.45, 2.75) is 39.5 Å². The van der Waals surface area contributed by atoms with Gasteiger partial charge in [-0.15, -0.1) is 0 Å². The Bertz CT molecular complexity index is 884. The molecule has 0 aliphatic carbocycles. The third-order valence-electron chi connectivity index (χ3n) is 4.29. The lowest BCUT2D eigenvalue weighted by Crippen LogP contribution is -2.14. The average Bonchev–Trinajstić information content (AvgIpc) is 2.69. The maximum atomic E-state index is 12.6. The monoisotopic (exact) mass is 440 g/mol. The van der Waals surface area contributed by atoms with E-state index in [0.29, 0.717) is 23.6 Å². The van der Waals surface area contributed by atoms with Crippen molar-refractivity contribution >= 4 is 33.6 Å². The van der Waals surface area contributed by atoms with Crippen molar-refractivity contribution in [3.8, 4) is 11.8 Å². The number of rotatable bonds is 9. The summed E-state index contributed by atoms with van der Waals surface area (Å²) in [6, 6.07) is 15.0. The molecule has 0 atom stereocenters. The number of unbranched alkanes of at least 4 members (excludes halogenated alkanes) is 3. The Labute approximate surface area is 175 Å². The van der Waals surface area contributed by atoms with Crippen LogP contribution in [0, 0.1) is 18.3 Å². The van der Waals surface area contributed by atoms with E-state index in [0.717, 1.165) is 22.9 Å². The van der Waals surface area contributed by atoms with Gasteiger partial charge in [-0.25, -0.2) is 0 Å². The first-order valence-corrected chi connectivity index (χ1v) is 10.3. The zero-order chi connectivity index (χ0) is 20.4. The van der Waals surface area contributed by atoms with Gasteiger partial charge >= 0.3 is 0 Å². The van der Waals surface area contributed by atoms with Gasteiger partial charge in [0.05, 0.1) is 6.61 Å². The molecule has 0 radical (unpaired) electrons. The highest BCUT2D eigenvalue weighted by Gasteiger charge is 2.12. The minimum atomic E-state index is -0.439. The second-order valence-corrected chi connectivity index (χ2v) is 7.45. The summed E-state index contributed by atoms with van der Waals surface area (Å²) in [6.45, 7) is 4.69. The van der Waals surface area contributed by atoms with Crippen LogP contribution in [0.1, 0.15) is 43.7 Å². The molecule has 0 heterocycles. The number of halogens is 1. The van der Waals surface area contributed by atoms with E-state index in [-0.39, 0.29) is 5.57 Å². The second-order valence-electron chi connectivity index (χ2n) is 6.53. The van der Waals surface area contributed by atoms with Crippen LogP contribution in [-0.4, -0.2) is 12.5 Å². The van der Waals surface area contributed by atoms with Gasteiger partial charge in [-0.05, 0) is 49.2 Å². The summed E-state index contributed by atoms with van der Waals surface area (Å²) in [5.41, 5.74) is 2.35. The molecular formula is C23H25BrN2O2. The lowest BCUT2D eigenvalue weighted by atomic mass is 10.1. The number of nitrogens with one attached hydrogen (secondary N) is 1. The van der Waals surface area contributed by atoms with Crippen LogP contribution in [0.2, 0.25) is 0 Å². The number of nitriles is 1. The summed E-state index contributed by atoms with van der Waals surface area (Å²) in [6.07, 6.45) is 6.04. The molecule has 0 aliphatic rings. The molecule has 0 saturated heterocycles. The van der Waals surface area contributed by atoms with Gasteiger partial charge in [0, 0.05) is 15.7 Å². The number of carbonyl (C=O) groups excluding carboxylic acids is 1. The zero-order valence-corrected chi connectivity index (χ0v) is 17.9. The van der Waals surface area contributed by atoms with Crippen molar-refractivity contribution in [2.24, 2.45) is 0 Å². The molecule has 2 aromatic rings. The molecule has 0 aromatic heterocycles. The van der Waals surface area contributed by atoms with Crippen LogP contribution in [-0.2, 0) is 4.79 Å². The molecule has 28 heavy (non-hydrogen) atoms. The lowest BCUT2D eigenvalue weighted by molar-refractivity contribution is -0.112. The molecule has 0 fully saturated rings. The normalized spacial score (nSPS) is 11.0. The largest absolute Gasteiger partial charge is 0.493 e. The van der Waals surface area contributed by atoms with Gasteiger partial charge in [-0.3, -0.25) is 4.79 Å². The number of ether oxygens (including phenoxy) is 1. The summed E-state index contributed by atoms with van der Waals surface area (Å²) < 4.78 is 6.75. The van der Waals surface area contributed by atoms with Crippen LogP contribution in [0.15, 0.2) is 52.5 Å². The van der Waals surface area contributed by atoms with E-state index in [1.165, 1.54) is 12.8 Å². The molecule has 0 bridgehead atoms. The van der Waals surface area contributed by atoms with Gasteiger partial charge in [0.25, 0.3) is 5.91 Å². The first-order valence-electron chi connectivity index (χ1n) is 9.46. The van der Waals surface area contributed by atoms with E-state index in [1.54, 1.807) is 6.08 Å². The molecule has 4 nitrogen and oxygen atoms in total. The summed E-state index contributed by atoms with van der Waals surface area (Å²) in [5.74, 6) is 0.224. The maximum Gasteiger partial charge on any atom is 0.266 e. The molecule has 1 amide bonds. The van der Waals surface area contributed by atoms with Crippen LogP contribution in [0.25, 0.3) is 6.08 Å². The first kappa shape index (κ1) is 21.7. The molecule has 2 aromatic carbocycles. The van der Waals surface area contributed by atoms with Gasteiger partial charge in [0.1, 0.15) is 17.4 Å². The molecule has 5 heteroatoms. The summed E-state index contributed by atoms with van der Waals surface area (Å²) >= 11 is 3.44. The molecule has 0 aliphatic heterocycles. The van der Waals surface area contributed by atoms with E-state index in [4.69, 9.17) is 4.74 Å². The Morgan fingerprint density at radius 2 is 2.00 bits per heavy atom. The van der Waals surface area contributed by atoms with Gasteiger partial charge in [-0.2, -0.15) is 5.26 Å². The van der Waals surface area contributed by atoms with E-state index < -0.39 is 5.91 Å². The predicted molar refractivity (Wildman–Crippen MR) is 117 cm³/mol. The third-order valence-corrected chi connectivity index (χ3v) is 4.78. The van der Waals surface area contributed by atoms with Crippen LogP contribution >= 0.6 is 15.9 Å². The molecule has 0 unspecified atom stereocenters. The van der Waals surface area contributed by atoms with Crippen LogP contribution in [0.4, 0.5) is 5.69 Å². The minimum absolute atomic E-state index is 0.0252. The summed E-state index contributed by atoms with van der Waals surface area (Å²) in [5, 5.41) is 12.3. The highest BCUT2D eigenvalue weighted by molar-refractivity contribution is 9.10. The van der Waals surface area contributed by atoms with Crippen molar-refractivity contribution in [3.05, 3.63) is 63.6 Å². The number of benzene rings is 2. The molecule has 0 saturated carbocycles. The van der Waals surface area contributed by atoms with Crippen molar-refractivity contribution in [1.82, 2.24) is 0 Å². The van der Waals surface area contributed by atoms with Crippen LogP contribution in [0.3, 0.4) is 0 Å². The van der Waals surface area contributed by atoms with E-state index >= 15 is 0 Å². The van der Waals surface area contributed by atoms with Gasteiger partial charge in [0.15, 0.2) is 0 Å². The number of hydrogen-bond acceptors (Lipinski definition) is 3. The van der Waals surface area contributed by atoms with Crippen LogP contribution in [0.5, 0.6) is 5.75 Å². The van der Waals surface area contributed by atoms with E-state index in [2.05, 4.69) is 28.2 Å². The Kier molecular flexibility index (Phi) is 8.77. The third kappa shape index (κ3) is 6.54. The quantitative estimate of drug-likeness (QED) is 0.284. The standard InChI is InChI=1S/C23H25BrN2O2/c1-3-4-5-8-13-28-22-12-11-20(24)15-18(22)14-19(16-25)23(27)26-21-10-7-6-9-17(21)2/h6-7,9-12,14-15H,3-5,8,13H2,1-2H3,(H,26,27)/b19-14-. The average molecular weight is 441 g/mol. The number of aryl methyl sites for hydroxylation is 1. The van der Waals surface area contributed by atoms with E-state index in [1.807, 2.05) is 55.5 Å². The van der Waals surface area contributed by atoms with Gasteiger partial charge < -0.3 is 10.1 Å². The van der Waals surface area contributed by atoms with Crippen molar-refractivity contribution in [2.75, 3.05) is 11.9 Å². The number of amides is 1. The lowest BCUT2D eigenvalue weighted by Gasteiger charge is -2.11. The molecular weight excluding hydrogens is 416 g/mol. The van der Waals surface area contributed by atoms with Crippen molar-refractivity contribution in [3.63, 3.8) is 0 Å². The predicted octanol–water partition coefficient (Wildman–Crippen LogP) is 6.26. The fourth-order valence-electron chi connectivity index (χ4n) is 2.68. The molecule has 0 spiro atoms. The second kappa shape index (κ2) is 11.3. The molecule has 146 valence electrons. The number of carbonyl (C=O) groups is 1. The van der Waals surface area contributed by atoms with Gasteiger partial charge in [-0.1, -0.05) is 60.3 Å². The Morgan fingerprint density at radius 3 is 2.71 bits per heavy atom. The smallest absolute Gasteiger partial charge is 0.266 e. The number of anilines is 1. The number of para-hydroxylation sites is 1.